The molecule has 0 radical (unpaired) electrons. The van der Waals surface area contributed by atoms with E-state index < -0.39 is 0 Å². The van der Waals surface area contributed by atoms with E-state index in [1.807, 2.05) is 12.1 Å². The lowest BCUT2D eigenvalue weighted by atomic mass is 9.97. The Morgan fingerprint density at radius 1 is 1.14 bits per heavy atom. The number of nitrogens with one attached hydrogen (secondary N) is 1. The van der Waals surface area contributed by atoms with Crippen molar-refractivity contribution < 1.29 is 14.3 Å². The van der Waals surface area contributed by atoms with Crippen LogP contribution in [-0.4, -0.2) is 66.1 Å². The summed E-state index contributed by atoms with van der Waals surface area (Å²) < 4.78 is 5.01. The smallest absolute Gasteiger partial charge is 0.409 e. The van der Waals surface area contributed by atoms with Crippen molar-refractivity contribution in [3.63, 3.8) is 0 Å². The van der Waals surface area contributed by atoms with Crippen molar-refractivity contribution in [1.29, 1.82) is 0 Å². The lowest BCUT2D eigenvalue weighted by Crippen LogP contribution is -2.50. The number of piperazine rings is 1. The van der Waals surface area contributed by atoms with E-state index in [-0.39, 0.29) is 12.0 Å². The average molecular weight is 386 g/mol. The number of anilines is 1. The Bertz CT molecular complexity index is 694. The average Bonchev–Trinajstić information content (AvgIpc) is 2.75. The maximum absolute atomic E-state index is 12.7. The second kappa shape index (κ2) is 10.1. The van der Waals surface area contributed by atoms with Crippen molar-refractivity contribution in [3.05, 3.63) is 35.5 Å². The molecule has 1 fully saturated rings. The number of nitrogens with zero attached hydrogens (tertiary/aromatic N) is 3. The third kappa shape index (κ3) is 5.47. The van der Waals surface area contributed by atoms with Gasteiger partial charge >= 0.3 is 6.09 Å². The van der Waals surface area contributed by atoms with Gasteiger partial charge in [0.05, 0.1) is 12.2 Å². The molecule has 2 heterocycles. The molecule has 3 rings (SSSR count). The quantitative estimate of drug-likeness (QED) is 0.760. The molecular formula is C21H30N4O3. The van der Waals surface area contributed by atoms with Gasteiger partial charge in [-0.2, -0.15) is 0 Å². The summed E-state index contributed by atoms with van der Waals surface area (Å²) in [6.45, 7) is 5.01. The lowest BCUT2D eigenvalue weighted by Gasteiger charge is -2.34. The van der Waals surface area contributed by atoms with Crippen molar-refractivity contribution in [3.8, 4) is 0 Å². The van der Waals surface area contributed by atoms with Crippen LogP contribution in [0.3, 0.4) is 0 Å². The zero-order valence-corrected chi connectivity index (χ0v) is 16.7. The van der Waals surface area contributed by atoms with Crippen molar-refractivity contribution in [2.75, 3.05) is 44.6 Å². The highest BCUT2D eigenvalue weighted by atomic mass is 16.6. The molecule has 0 aromatic carbocycles. The summed E-state index contributed by atoms with van der Waals surface area (Å²) in [4.78, 5) is 32.2. The number of pyridine rings is 1. The highest BCUT2D eigenvalue weighted by Crippen LogP contribution is 2.20. The summed E-state index contributed by atoms with van der Waals surface area (Å²) in [7, 11) is 0. The molecule has 1 saturated heterocycles. The Labute approximate surface area is 166 Å². The number of aromatic nitrogens is 1. The SMILES string of the molecule is CCOC(=O)N1CCN(C(=O)c2ccc(NCCC3=CCCCC3)nc2)CC1. The van der Waals surface area contributed by atoms with E-state index in [1.165, 1.54) is 31.3 Å². The van der Waals surface area contributed by atoms with E-state index in [2.05, 4.69) is 16.4 Å². The van der Waals surface area contributed by atoms with Crippen LogP contribution < -0.4 is 5.32 Å². The number of allylic oxidation sites excluding steroid dienone is 1. The van der Waals surface area contributed by atoms with E-state index >= 15 is 0 Å². The molecule has 0 atom stereocenters. The molecule has 1 aliphatic carbocycles. The van der Waals surface area contributed by atoms with Crippen molar-refractivity contribution in [2.45, 2.75) is 39.0 Å². The fourth-order valence-electron chi connectivity index (χ4n) is 3.60. The minimum atomic E-state index is -0.310. The van der Waals surface area contributed by atoms with E-state index in [9.17, 15) is 9.59 Å². The van der Waals surface area contributed by atoms with Gasteiger partial charge in [0.25, 0.3) is 5.91 Å². The molecule has 1 aliphatic heterocycles. The maximum Gasteiger partial charge on any atom is 0.409 e. The summed E-state index contributed by atoms with van der Waals surface area (Å²) in [6, 6.07) is 3.67. The molecule has 152 valence electrons. The number of ether oxygens (including phenoxy) is 1. The number of amides is 2. The van der Waals surface area contributed by atoms with Gasteiger partial charge in [-0.3, -0.25) is 4.79 Å². The molecule has 2 amide bonds. The molecule has 2 aliphatic rings. The summed E-state index contributed by atoms with van der Waals surface area (Å²) in [5.74, 6) is 0.745. The van der Waals surface area contributed by atoms with Crippen LogP contribution in [0.1, 0.15) is 49.4 Å². The molecule has 0 spiro atoms. The van der Waals surface area contributed by atoms with Crippen molar-refractivity contribution in [1.82, 2.24) is 14.8 Å². The van der Waals surface area contributed by atoms with Gasteiger partial charge in [-0.15, -0.1) is 0 Å². The fraction of sp³-hybridized carbons (Fsp3) is 0.571. The third-order valence-corrected chi connectivity index (χ3v) is 5.24. The zero-order valence-electron chi connectivity index (χ0n) is 16.7. The maximum atomic E-state index is 12.7. The molecule has 7 heteroatoms. The van der Waals surface area contributed by atoms with Crippen LogP contribution >= 0.6 is 0 Å². The van der Waals surface area contributed by atoms with Gasteiger partial charge in [0.2, 0.25) is 0 Å². The summed E-state index contributed by atoms with van der Waals surface area (Å²) in [5.41, 5.74) is 2.11. The van der Waals surface area contributed by atoms with Crippen LogP contribution in [0.2, 0.25) is 0 Å². The first-order valence-corrected chi connectivity index (χ1v) is 10.3. The van der Waals surface area contributed by atoms with Gasteiger partial charge in [-0.05, 0) is 51.2 Å². The van der Waals surface area contributed by atoms with Crippen molar-refractivity contribution in [2.24, 2.45) is 0 Å². The van der Waals surface area contributed by atoms with Gasteiger partial charge in [0.1, 0.15) is 5.82 Å². The Kier molecular flexibility index (Phi) is 7.28. The standard InChI is InChI=1S/C21H30N4O3/c1-2-28-21(27)25-14-12-24(13-15-25)20(26)18-8-9-19(23-16-18)22-11-10-17-6-4-3-5-7-17/h6,8-9,16H,2-5,7,10-15H2,1H3,(H,22,23). The topological polar surface area (TPSA) is 74.8 Å². The number of rotatable bonds is 6. The summed E-state index contributed by atoms with van der Waals surface area (Å²) >= 11 is 0. The monoisotopic (exact) mass is 386 g/mol. The normalized spacial score (nSPS) is 17.1. The molecule has 0 unspecified atom stereocenters. The van der Waals surface area contributed by atoms with E-state index in [4.69, 9.17) is 4.74 Å². The van der Waals surface area contributed by atoms with Crippen LogP contribution in [0.4, 0.5) is 10.6 Å². The molecule has 0 saturated carbocycles. The molecule has 0 bridgehead atoms. The second-order valence-corrected chi connectivity index (χ2v) is 7.20. The van der Waals surface area contributed by atoms with Gasteiger partial charge in [0.15, 0.2) is 0 Å². The fourth-order valence-corrected chi connectivity index (χ4v) is 3.60. The largest absolute Gasteiger partial charge is 0.450 e. The van der Waals surface area contributed by atoms with Gasteiger partial charge in [-0.1, -0.05) is 11.6 Å². The summed E-state index contributed by atoms with van der Waals surface area (Å²) in [6.07, 6.45) is 9.76. The Morgan fingerprint density at radius 2 is 1.93 bits per heavy atom. The highest BCUT2D eigenvalue weighted by Gasteiger charge is 2.25. The van der Waals surface area contributed by atoms with Crippen LogP contribution in [0.5, 0.6) is 0 Å². The lowest BCUT2D eigenvalue weighted by molar-refractivity contribution is 0.0570. The first kappa shape index (κ1) is 20.2. The highest BCUT2D eigenvalue weighted by molar-refractivity contribution is 5.94. The molecule has 1 aromatic heterocycles. The Hall–Kier alpha value is -2.57. The predicted octanol–water partition coefficient (Wildman–Crippen LogP) is 3.30. The number of hydrogen-bond acceptors (Lipinski definition) is 5. The number of carbonyl (C=O) groups is 2. The molecule has 1 N–H and O–H groups in total. The van der Waals surface area contributed by atoms with Gasteiger partial charge < -0.3 is 19.9 Å². The molecule has 28 heavy (non-hydrogen) atoms. The number of carbonyl (C=O) groups excluding carboxylic acids is 2. The molecule has 1 aromatic rings. The van der Waals surface area contributed by atoms with Gasteiger partial charge in [0, 0.05) is 38.9 Å². The van der Waals surface area contributed by atoms with E-state index in [0.717, 1.165) is 18.8 Å². The van der Waals surface area contributed by atoms with Crippen LogP contribution in [-0.2, 0) is 4.74 Å². The van der Waals surface area contributed by atoms with Crippen LogP contribution in [0.15, 0.2) is 30.0 Å². The van der Waals surface area contributed by atoms with Gasteiger partial charge in [-0.25, -0.2) is 9.78 Å². The van der Waals surface area contributed by atoms with E-state index in [1.54, 1.807) is 22.9 Å². The van der Waals surface area contributed by atoms with Crippen LogP contribution in [0.25, 0.3) is 0 Å². The van der Waals surface area contributed by atoms with Crippen LogP contribution in [0, 0.1) is 0 Å². The Balaban J connectivity index is 1.44. The zero-order chi connectivity index (χ0) is 19.8. The minimum absolute atomic E-state index is 0.0464. The van der Waals surface area contributed by atoms with E-state index in [0.29, 0.717) is 38.3 Å². The third-order valence-electron chi connectivity index (χ3n) is 5.24. The first-order chi connectivity index (χ1) is 13.7. The summed E-state index contributed by atoms with van der Waals surface area (Å²) in [5, 5.41) is 3.33. The van der Waals surface area contributed by atoms with Crippen molar-refractivity contribution >= 4 is 17.8 Å². The Morgan fingerprint density at radius 3 is 2.57 bits per heavy atom. The number of hydrogen-bond donors (Lipinski definition) is 1. The molecular weight excluding hydrogens is 356 g/mol. The first-order valence-electron chi connectivity index (χ1n) is 10.3. The second-order valence-electron chi connectivity index (χ2n) is 7.20. The minimum Gasteiger partial charge on any atom is -0.450 e. The predicted molar refractivity (Wildman–Crippen MR) is 108 cm³/mol. The molecule has 7 nitrogen and oxygen atoms in total.